The molecule has 0 aliphatic carbocycles. The number of benzene rings is 1. The Morgan fingerprint density at radius 2 is 2.29 bits per heavy atom. The monoisotopic (exact) mass is 300 g/mol. The number of aliphatic hydroxyl groups is 1. The molecule has 0 aliphatic rings. The minimum absolute atomic E-state index is 0.0171. The van der Waals surface area contributed by atoms with Gasteiger partial charge in [0, 0.05) is 23.6 Å². The standard InChI is InChI=1S/C11H13BrN2O3/c1-2-5-13(6-7-15)11-8-9(12)3-4-10(11)14(16)17/h2-4,8,15H,1,5-7H2. The number of anilines is 1. The molecule has 5 nitrogen and oxygen atoms in total. The van der Waals surface area contributed by atoms with Gasteiger partial charge in [0.25, 0.3) is 5.69 Å². The zero-order valence-corrected chi connectivity index (χ0v) is 10.8. The van der Waals surface area contributed by atoms with Gasteiger partial charge in [-0.1, -0.05) is 22.0 Å². The first-order valence-electron chi connectivity index (χ1n) is 5.00. The Morgan fingerprint density at radius 1 is 1.59 bits per heavy atom. The zero-order chi connectivity index (χ0) is 12.8. The fourth-order valence-corrected chi connectivity index (χ4v) is 1.84. The van der Waals surface area contributed by atoms with E-state index >= 15 is 0 Å². The predicted molar refractivity (Wildman–Crippen MR) is 70.3 cm³/mol. The van der Waals surface area contributed by atoms with Gasteiger partial charge in [-0.05, 0) is 12.1 Å². The first-order valence-corrected chi connectivity index (χ1v) is 5.80. The maximum atomic E-state index is 10.9. The third-order valence-corrected chi connectivity index (χ3v) is 2.69. The molecule has 0 aliphatic heterocycles. The van der Waals surface area contributed by atoms with Crippen molar-refractivity contribution >= 4 is 27.3 Å². The van der Waals surface area contributed by atoms with Gasteiger partial charge in [-0.15, -0.1) is 6.58 Å². The molecule has 1 N–H and O–H groups in total. The number of nitrogens with zero attached hydrogens (tertiary/aromatic N) is 2. The lowest BCUT2D eigenvalue weighted by Crippen LogP contribution is -2.27. The third-order valence-electron chi connectivity index (χ3n) is 2.19. The van der Waals surface area contributed by atoms with Gasteiger partial charge in [0.05, 0.1) is 11.5 Å². The highest BCUT2D eigenvalue weighted by molar-refractivity contribution is 9.10. The number of aliphatic hydroxyl groups excluding tert-OH is 1. The summed E-state index contributed by atoms with van der Waals surface area (Å²) in [6.07, 6.45) is 1.64. The Bertz CT molecular complexity index is 423. The summed E-state index contributed by atoms with van der Waals surface area (Å²) in [5.41, 5.74) is 0.488. The molecule has 0 radical (unpaired) electrons. The molecule has 0 unspecified atom stereocenters. The van der Waals surface area contributed by atoms with Crippen molar-refractivity contribution in [1.82, 2.24) is 0 Å². The predicted octanol–water partition coefficient (Wildman–Crippen LogP) is 2.34. The highest BCUT2D eigenvalue weighted by Gasteiger charge is 2.18. The summed E-state index contributed by atoms with van der Waals surface area (Å²) in [6, 6.07) is 4.72. The minimum Gasteiger partial charge on any atom is -0.395 e. The van der Waals surface area contributed by atoms with Crippen LogP contribution >= 0.6 is 15.9 Å². The molecule has 1 aromatic rings. The number of rotatable bonds is 6. The van der Waals surface area contributed by atoms with Crippen LogP contribution in [0.25, 0.3) is 0 Å². The number of nitro benzene ring substituents is 1. The van der Waals surface area contributed by atoms with Gasteiger partial charge in [0.15, 0.2) is 0 Å². The number of halogens is 1. The summed E-state index contributed by atoms with van der Waals surface area (Å²) in [5, 5.41) is 19.9. The second-order valence-electron chi connectivity index (χ2n) is 3.35. The average Bonchev–Trinajstić information content (AvgIpc) is 2.28. The van der Waals surface area contributed by atoms with Crippen LogP contribution in [0.1, 0.15) is 0 Å². The maximum absolute atomic E-state index is 10.9. The van der Waals surface area contributed by atoms with E-state index in [1.165, 1.54) is 6.07 Å². The summed E-state index contributed by atoms with van der Waals surface area (Å²) in [5.74, 6) is 0. The van der Waals surface area contributed by atoms with Crippen molar-refractivity contribution in [3.05, 3.63) is 45.4 Å². The molecule has 0 aromatic heterocycles. The zero-order valence-electron chi connectivity index (χ0n) is 9.17. The van der Waals surface area contributed by atoms with Crippen LogP contribution in [0.4, 0.5) is 11.4 Å². The normalized spacial score (nSPS) is 10.0. The van der Waals surface area contributed by atoms with Crippen LogP contribution in [-0.2, 0) is 0 Å². The minimum atomic E-state index is -0.435. The molecule has 0 amide bonds. The van der Waals surface area contributed by atoms with E-state index in [1.807, 2.05) is 0 Å². The van der Waals surface area contributed by atoms with Gasteiger partial charge in [-0.2, -0.15) is 0 Å². The van der Waals surface area contributed by atoms with Crippen molar-refractivity contribution in [3.8, 4) is 0 Å². The van der Waals surface area contributed by atoms with Crippen LogP contribution in [0, 0.1) is 10.1 Å². The topological polar surface area (TPSA) is 66.6 Å². The number of hydrogen-bond acceptors (Lipinski definition) is 4. The fraction of sp³-hybridized carbons (Fsp3) is 0.273. The third kappa shape index (κ3) is 3.54. The molecule has 0 spiro atoms. The molecule has 6 heteroatoms. The van der Waals surface area contributed by atoms with Gasteiger partial charge in [0.1, 0.15) is 5.69 Å². The molecule has 0 fully saturated rings. The molecular formula is C11H13BrN2O3. The molecule has 17 heavy (non-hydrogen) atoms. The van der Waals surface area contributed by atoms with Crippen LogP contribution < -0.4 is 4.90 Å². The van der Waals surface area contributed by atoms with Gasteiger partial charge >= 0.3 is 0 Å². The molecule has 1 rings (SSSR count). The van der Waals surface area contributed by atoms with Gasteiger partial charge < -0.3 is 10.0 Å². The number of hydrogen-bond donors (Lipinski definition) is 1. The molecule has 0 saturated carbocycles. The van der Waals surface area contributed by atoms with E-state index < -0.39 is 4.92 Å². The van der Waals surface area contributed by atoms with E-state index in [1.54, 1.807) is 23.1 Å². The van der Waals surface area contributed by atoms with Crippen molar-refractivity contribution in [2.24, 2.45) is 0 Å². The molecular weight excluding hydrogens is 288 g/mol. The molecule has 0 atom stereocenters. The summed E-state index contributed by atoms with van der Waals surface area (Å²) in [6.45, 7) is 4.29. The summed E-state index contributed by atoms with van der Waals surface area (Å²) >= 11 is 3.28. The second kappa shape index (κ2) is 6.36. The van der Waals surface area contributed by atoms with Crippen LogP contribution in [0.5, 0.6) is 0 Å². The Labute approximate surface area is 108 Å². The van der Waals surface area contributed by atoms with Gasteiger partial charge in [-0.25, -0.2) is 0 Å². The average molecular weight is 301 g/mol. The van der Waals surface area contributed by atoms with Crippen LogP contribution in [0.3, 0.4) is 0 Å². The fourth-order valence-electron chi connectivity index (χ4n) is 1.49. The highest BCUT2D eigenvalue weighted by Crippen LogP contribution is 2.31. The summed E-state index contributed by atoms with van der Waals surface area (Å²) < 4.78 is 0.755. The van der Waals surface area contributed by atoms with Gasteiger partial charge in [-0.3, -0.25) is 10.1 Å². The van der Waals surface area contributed by atoms with Crippen molar-refractivity contribution in [3.63, 3.8) is 0 Å². The van der Waals surface area contributed by atoms with E-state index in [4.69, 9.17) is 5.11 Å². The Balaban J connectivity index is 3.18. The highest BCUT2D eigenvalue weighted by atomic mass is 79.9. The van der Waals surface area contributed by atoms with Crippen molar-refractivity contribution in [2.45, 2.75) is 0 Å². The maximum Gasteiger partial charge on any atom is 0.292 e. The first-order chi connectivity index (χ1) is 8.10. The summed E-state index contributed by atoms with van der Waals surface area (Å²) in [7, 11) is 0. The summed E-state index contributed by atoms with van der Waals surface area (Å²) in [4.78, 5) is 12.2. The van der Waals surface area contributed by atoms with E-state index in [9.17, 15) is 10.1 Å². The molecule has 1 aromatic carbocycles. The lowest BCUT2D eigenvalue weighted by atomic mass is 10.2. The second-order valence-corrected chi connectivity index (χ2v) is 4.26. The Kier molecular flexibility index (Phi) is 5.11. The lowest BCUT2D eigenvalue weighted by molar-refractivity contribution is -0.384. The van der Waals surface area contributed by atoms with Crippen LogP contribution in [-0.4, -0.2) is 29.7 Å². The smallest absolute Gasteiger partial charge is 0.292 e. The molecule has 0 saturated heterocycles. The largest absolute Gasteiger partial charge is 0.395 e. The van der Waals surface area contributed by atoms with E-state index in [0.29, 0.717) is 18.8 Å². The van der Waals surface area contributed by atoms with E-state index in [0.717, 1.165) is 4.47 Å². The Hall–Kier alpha value is -1.40. The van der Waals surface area contributed by atoms with E-state index in [-0.39, 0.29) is 12.3 Å². The molecule has 0 bridgehead atoms. The van der Waals surface area contributed by atoms with Crippen molar-refractivity contribution in [2.75, 3.05) is 24.6 Å². The first kappa shape index (κ1) is 13.7. The van der Waals surface area contributed by atoms with Crippen LogP contribution in [0.15, 0.2) is 35.3 Å². The Morgan fingerprint density at radius 3 is 2.82 bits per heavy atom. The van der Waals surface area contributed by atoms with Crippen molar-refractivity contribution < 1.29 is 10.0 Å². The molecule has 92 valence electrons. The quantitative estimate of drug-likeness (QED) is 0.497. The van der Waals surface area contributed by atoms with Crippen molar-refractivity contribution in [1.29, 1.82) is 0 Å². The van der Waals surface area contributed by atoms with E-state index in [2.05, 4.69) is 22.5 Å². The SMILES string of the molecule is C=CCN(CCO)c1cc(Br)ccc1[N+](=O)[O-]. The molecule has 0 heterocycles. The van der Waals surface area contributed by atoms with Gasteiger partial charge in [0.2, 0.25) is 0 Å². The van der Waals surface area contributed by atoms with Crippen LogP contribution in [0.2, 0.25) is 0 Å². The lowest BCUT2D eigenvalue weighted by Gasteiger charge is -2.22. The number of nitro groups is 1.